The molecule has 5 heteroatoms. The van der Waals surface area contributed by atoms with Gasteiger partial charge in [0, 0.05) is 6.42 Å². The molecule has 0 fully saturated rings. The Kier molecular flexibility index (Phi) is 10.4. The molecule has 0 rings (SSSR count). The normalized spacial score (nSPS) is 11.8. The van der Waals surface area contributed by atoms with Gasteiger partial charge in [-0.15, -0.1) is 5.92 Å². The molecule has 0 radical (unpaired) electrons. The van der Waals surface area contributed by atoms with Crippen molar-refractivity contribution in [2.45, 2.75) is 46.5 Å². The van der Waals surface area contributed by atoms with E-state index < -0.39 is 13.9 Å². The Morgan fingerprint density at radius 1 is 1.15 bits per heavy atom. The average Bonchev–Trinajstić information content (AvgIpc) is 2.30. The third kappa shape index (κ3) is 15.2. The van der Waals surface area contributed by atoms with E-state index in [0.717, 1.165) is 25.7 Å². The van der Waals surface area contributed by atoms with Gasteiger partial charge in [-0.2, -0.15) is 0 Å². The molecule has 114 valence electrons. The molecule has 0 saturated carbocycles. The van der Waals surface area contributed by atoms with Crippen LogP contribution in [0.2, 0.25) is 0 Å². The first-order chi connectivity index (χ1) is 9.31. The summed E-state index contributed by atoms with van der Waals surface area (Å²) < 4.78 is 15.2. The van der Waals surface area contributed by atoms with E-state index in [1.807, 2.05) is 0 Å². The minimum absolute atomic E-state index is 0.0639. The summed E-state index contributed by atoms with van der Waals surface area (Å²) >= 11 is 0. The molecule has 0 unspecified atom stereocenters. The number of rotatable bonds is 8. The number of unbranched alkanes of at least 4 members (excludes halogenated alkanes) is 1. The number of hydrogen-bond donors (Lipinski definition) is 2. The van der Waals surface area contributed by atoms with Crippen molar-refractivity contribution in [3.8, 4) is 11.8 Å². The first-order valence-electron chi connectivity index (χ1n) is 6.68. The Balaban J connectivity index is 3.69. The van der Waals surface area contributed by atoms with Crippen LogP contribution in [0.15, 0.2) is 23.3 Å². The van der Waals surface area contributed by atoms with Crippen molar-refractivity contribution in [1.82, 2.24) is 0 Å². The summed E-state index contributed by atoms with van der Waals surface area (Å²) in [5.74, 6) is 5.65. The standard InChI is InChI=1S/C15H25O4P/c1-14(2)9-8-11-15(3)10-6-4-5-7-12-19-13-20(16,17)18/h9-10H,4,6,8,11-13H2,1-3H3,(H2,16,17,18)/b15-10+. The molecular weight excluding hydrogens is 275 g/mol. The Hall–Kier alpha value is -0.850. The van der Waals surface area contributed by atoms with Crippen LogP contribution in [0.1, 0.15) is 46.5 Å². The fourth-order valence-electron chi connectivity index (χ4n) is 1.44. The second-order valence-corrected chi connectivity index (χ2v) is 6.49. The summed E-state index contributed by atoms with van der Waals surface area (Å²) in [5.41, 5.74) is 2.71. The van der Waals surface area contributed by atoms with Gasteiger partial charge in [-0.25, -0.2) is 0 Å². The van der Waals surface area contributed by atoms with E-state index in [2.05, 4.69) is 44.8 Å². The average molecular weight is 300 g/mol. The summed E-state index contributed by atoms with van der Waals surface area (Å²) in [6.07, 6.45) is 7.63. The lowest BCUT2D eigenvalue weighted by molar-refractivity contribution is 0.189. The fraction of sp³-hybridized carbons (Fsp3) is 0.600. The van der Waals surface area contributed by atoms with Gasteiger partial charge in [0.1, 0.15) is 13.0 Å². The van der Waals surface area contributed by atoms with Gasteiger partial charge in [-0.3, -0.25) is 4.57 Å². The Morgan fingerprint density at radius 2 is 1.85 bits per heavy atom. The summed E-state index contributed by atoms with van der Waals surface area (Å²) in [4.78, 5) is 17.1. The zero-order valence-electron chi connectivity index (χ0n) is 12.6. The molecular formula is C15H25O4P. The van der Waals surface area contributed by atoms with Gasteiger partial charge in [0.15, 0.2) is 0 Å². The highest BCUT2D eigenvalue weighted by molar-refractivity contribution is 7.51. The molecule has 0 aromatic heterocycles. The molecule has 0 aromatic rings. The Morgan fingerprint density at radius 3 is 2.45 bits per heavy atom. The summed E-state index contributed by atoms with van der Waals surface area (Å²) in [5, 5.41) is 0. The molecule has 0 aromatic carbocycles. The molecule has 0 bridgehead atoms. The maximum Gasteiger partial charge on any atom is 0.351 e. The molecule has 0 atom stereocenters. The lowest BCUT2D eigenvalue weighted by Gasteiger charge is -2.01. The van der Waals surface area contributed by atoms with Gasteiger partial charge < -0.3 is 14.5 Å². The van der Waals surface area contributed by atoms with Crippen LogP contribution in [0.5, 0.6) is 0 Å². The van der Waals surface area contributed by atoms with E-state index in [1.165, 1.54) is 11.1 Å². The molecule has 4 nitrogen and oxygen atoms in total. The van der Waals surface area contributed by atoms with Gasteiger partial charge in [-0.05, 0) is 40.0 Å². The van der Waals surface area contributed by atoms with Crippen LogP contribution in [0.4, 0.5) is 0 Å². The molecule has 2 N–H and O–H groups in total. The van der Waals surface area contributed by atoms with E-state index >= 15 is 0 Å². The second kappa shape index (κ2) is 10.9. The number of allylic oxidation sites excluding steroid dienone is 4. The van der Waals surface area contributed by atoms with E-state index in [9.17, 15) is 4.57 Å². The van der Waals surface area contributed by atoms with E-state index in [0.29, 0.717) is 0 Å². The van der Waals surface area contributed by atoms with Gasteiger partial charge in [0.25, 0.3) is 0 Å². The van der Waals surface area contributed by atoms with Crippen molar-refractivity contribution in [3.05, 3.63) is 23.3 Å². The Labute approximate surface area is 122 Å². The Bertz CT molecular complexity index is 431. The molecule has 0 aliphatic carbocycles. The summed E-state index contributed by atoms with van der Waals surface area (Å²) in [6, 6.07) is 0. The highest BCUT2D eigenvalue weighted by Crippen LogP contribution is 2.33. The molecule has 0 spiro atoms. The lowest BCUT2D eigenvalue weighted by atomic mass is 10.1. The number of ether oxygens (including phenoxy) is 1. The zero-order valence-corrected chi connectivity index (χ0v) is 13.4. The van der Waals surface area contributed by atoms with Crippen LogP contribution in [0.3, 0.4) is 0 Å². The summed E-state index contributed by atoms with van der Waals surface area (Å²) in [7, 11) is -4.06. The molecule has 0 aliphatic rings. The van der Waals surface area contributed by atoms with Gasteiger partial charge in [0.05, 0.1) is 0 Å². The predicted octanol–water partition coefficient (Wildman–Crippen LogP) is 3.61. The molecule has 20 heavy (non-hydrogen) atoms. The van der Waals surface area contributed by atoms with Crippen LogP contribution in [-0.4, -0.2) is 22.7 Å². The van der Waals surface area contributed by atoms with Gasteiger partial charge >= 0.3 is 7.60 Å². The third-order valence-corrected chi connectivity index (χ3v) is 2.93. The van der Waals surface area contributed by atoms with Crippen molar-refractivity contribution < 1.29 is 19.1 Å². The van der Waals surface area contributed by atoms with Crippen molar-refractivity contribution in [2.24, 2.45) is 0 Å². The van der Waals surface area contributed by atoms with Crippen LogP contribution < -0.4 is 0 Å². The SMILES string of the molecule is CC(C)=CCC/C(C)=C/CCC#CCOCP(=O)(O)O. The zero-order chi connectivity index (χ0) is 15.4. The highest BCUT2D eigenvalue weighted by atomic mass is 31.2. The van der Waals surface area contributed by atoms with Gasteiger partial charge in [-0.1, -0.05) is 29.2 Å². The van der Waals surface area contributed by atoms with Crippen molar-refractivity contribution >= 4 is 7.60 Å². The van der Waals surface area contributed by atoms with Crippen molar-refractivity contribution in [2.75, 3.05) is 13.0 Å². The smallest absolute Gasteiger partial charge is 0.351 e. The third-order valence-electron chi connectivity index (χ3n) is 2.41. The maximum atomic E-state index is 10.5. The van der Waals surface area contributed by atoms with E-state index in [-0.39, 0.29) is 6.61 Å². The minimum Gasteiger partial charge on any atom is -0.356 e. The maximum absolute atomic E-state index is 10.5. The van der Waals surface area contributed by atoms with Crippen molar-refractivity contribution in [3.63, 3.8) is 0 Å². The van der Waals surface area contributed by atoms with Gasteiger partial charge in [0.2, 0.25) is 0 Å². The monoisotopic (exact) mass is 300 g/mol. The summed E-state index contributed by atoms with van der Waals surface area (Å²) in [6.45, 7) is 6.39. The molecule has 0 saturated heterocycles. The van der Waals surface area contributed by atoms with E-state index in [1.54, 1.807) is 0 Å². The lowest BCUT2D eigenvalue weighted by Crippen LogP contribution is -1.95. The highest BCUT2D eigenvalue weighted by Gasteiger charge is 2.11. The van der Waals surface area contributed by atoms with Crippen LogP contribution in [0.25, 0.3) is 0 Å². The minimum atomic E-state index is -4.06. The first-order valence-corrected chi connectivity index (χ1v) is 8.48. The molecule has 0 aliphatic heterocycles. The topological polar surface area (TPSA) is 66.8 Å². The second-order valence-electron chi connectivity index (χ2n) is 4.91. The van der Waals surface area contributed by atoms with Crippen LogP contribution in [-0.2, 0) is 9.30 Å². The van der Waals surface area contributed by atoms with Crippen molar-refractivity contribution in [1.29, 1.82) is 0 Å². The first kappa shape index (κ1) is 19.1. The molecule has 0 amide bonds. The predicted molar refractivity (Wildman–Crippen MR) is 82.3 cm³/mol. The van der Waals surface area contributed by atoms with Crippen LogP contribution in [0, 0.1) is 11.8 Å². The van der Waals surface area contributed by atoms with E-state index in [4.69, 9.17) is 14.5 Å². The largest absolute Gasteiger partial charge is 0.356 e. The quantitative estimate of drug-likeness (QED) is 0.311. The van der Waals surface area contributed by atoms with Crippen LogP contribution >= 0.6 is 7.60 Å². The number of hydrogen-bond acceptors (Lipinski definition) is 2. The molecule has 0 heterocycles. The fourth-order valence-corrected chi connectivity index (χ4v) is 1.77.